The number of hydrogen-bond acceptors (Lipinski definition) is 6. The summed E-state index contributed by atoms with van der Waals surface area (Å²) in [4.78, 5) is 14.6. The van der Waals surface area contributed by atoms with Crippen LogP contribution in [0.2, 0.25) is 0 Å². The lowest BCUT2D eigenvalue weighted by atomic mass is 10.1. The van der Waals surface area contributed by atoms with Gasteiger partial charge in [0, 0.05) is 42.7 Å². The van der Waals surface area contributed by atoms with Crippen molar-refractivity contribution in [1.82, 2.24) is 14.9 Å². The van der Waals surface area contributed by atoms with Gasteiger partial charge in [-0.15, -0.1) is 11.8 Å². The smallest absolute Gasteiger partial charge is 0.222 e. The summed E-state index contributed by atoms with van der Waals surface area (Å²) in [6.45, 7) is 4.03. The van der Waals surface area contributed by atoms with E-state index in [1.54, 1.807) is 11.8 Å². The van der Waals surface area contributed by atoms with Crippen LogP contribution in [0.4, 0.5) is 11.8 Å². The van der Waals surface area contributed by atoms with E-state index >= 15 is 0 Å². The fraction of sp³-hybridized carbons (Fsp3) is 0.375. The predicted molar refractivity (Wildman–Crippen MR) is 93.4 cm³/mol. The Kier molecular flexibility index (Phi) is 4.49. The van der Waals surface area contributed by atoms with Crippen LogP contribution < -0.4 is 10.6 Å². The minimum atomic E-state index is 0.334. The van der Waals surface area contributed by atoms with Gasteiger partial charge in [0.15, 0.2) is 0 Å². The SMILES string of the molecule is CSc1ccc(-c2cc(N3CCN(C)CC3)nc(N)n2)cc1. The van der Waals surface area contributed by atoms with Gasteiger partial charge >= 0.3 is 0 Å². The number of hydrogen-bond donors (Lipinski definition) is 1. The monoisotopic (exact) mass is 315 g/mol. The van der Waals surface area contributed by atoms with Gasteiger partial charge in [0.25, 0.3) is 0 Å². The van der Waals surface area contributed by atoms with Crippen LogP contribution >= 0.6 is 11.8 Å². The van der Waals surface area contributed by atoms with Crippen molar-refractivity contribution in [3.63, 3.8) is 0 Å². The lowest BCUT2D eigenvalue weighted by molar-refractivity contribution is 0.312. The van der Waals surface area contributed by atoms with Crippen LogP contribution in [0.25, 0.3) is 11.3 Å². The fourth-order valence-corrected chi connectivity index (χ4v) is 2.97. The molecule has 0 aliphatic carbocycles. The largest absolute Gasteiger partial charge is 0.368 e. The number of anilines is 2. The highest BCUT2D eigenvalue weighted by Gasteiger charge is 2.17. The number of benzene rings is 1. The third-order valence-electron chi connectivity index (χ3n) is 3.94. The topological polar surface area (TPSA) is 58.3 Å². The molecule has 1 saturated heterocycles. The molecule has 3 rings (SSSR count). The Morgan fingerprint density at radius 3 is 2.36 bits per heavy atom. The highest BCUT2D eigenvalue weighted by Crippen LogP contribution is 2.25. The summed E-state index contributed by atoms with van der Waals surface area (Å²) in [5.74, 6) is 1.25. The van der Waals surface area contributed by atoms with Gasteiger partial charge in [-0.3, -0.25) is 0 Å². The second-order valence-corrected chi connectivity index (χ2v) is 6.37. The van der Waals surface area contributed by atoms with Crippen LogP contribution in [-0.4, -0.2) is 54.4 Å². The molecule has 2 aromatic rings. The Morgan fingerprint density at radius 1 is 1.05 bits per heavy atom. The van der Waals surface area contributed by atoms with Crippen LogP contribution in [0.1, 0.15) is 0 Å². The Morgan fingerprint density at radius 2 is 1.73 bits per heavy atom. The first-order valence-electron chi connectivity index (χ1n) is 7.38. The molecule has 0 atom stereocenters. The lowest BCUT2D eigenvalue weighted by Gasteiger charge is -2.33. The standard InChI is InChI=1S/C16H21N5S/c1-20-7-9-21(10-8-20)15-11-14(18-16(17)19-15)12-3-5-13(22-2)6-4-12/h3-6,11H,7-10H2,1-2H3,(H2,17,18,19). The van der Waals surface area contributed by atoms with Crippen LogP contribution in [0.15, 0.2) is 35.2 Å². The number of aromatic nitrogens is 2. The van der Waals surface area contributed by atoms with Crippen molar-refractivity contribution in [3.8, 4) is 11.3 Å². The molecule has 1 aliphatic heterocycles. The van der Waals surface area contributed by atoms with Crippen LogP contribution in [0.5, 0.6) is 0 Å². The van der Waals surface area contributed by atoms with Crippen LogP contribution in [-0.2, 0) is 0 Å². The molecular weight excluding hydrogens is 294 g/mol. The van der Waals surface area contributed by atoms with Gasteiger partial charge in [-0.05, 0) is 25.4 Å². The summed E-state index contributed by atoms with van der Waals surface area (Å²) in [6.07, 6.45) is 2.07. The minimum absolute atomic E-state index is 0.334. The molecule has 1 fully saturated rings. The van der Waals surface area contributed by atoms with E-state index in [0.717, 1.165) is 43.3 Å². The Bertz CT molecular complexity index is 635. The molecule has 2 heterocycles. The van der Waals surface area contributed by atoms with E-state index in [2.05, 4.69) is 57.3 Å². The van der Waals surface area contributed by atoms with E-state index < -0.39 is 0 Å². The maximum absolute atomic E-state index is 5.92. The molecule has 0 unspecified atom stereocenters. The molecule has 0 amide bonds. The van der Waals surface area contributed by atoms with Crippen molar-refractivity contribution < 1.29 is 0 Å². The fourth-order valence-electron chi connectivity index (χ4n) is 2.56. The predicted octanol–water partition coefficient (Wildman–Crippen LogP) is 2.20. The molecule has 6 heteroatoms. The molecule has 1 aliphatic rings. The van der Waals surface area contributed by atoms with Crippen molar-refractivity contribution in [2.24, 2.45) is 0 Å². The summed E-state index contributed by atoms with van der Waals surface area (Å²) >= 11 is 1.73. The van der Waals surface area contributed by atoms with Gasteiger partial charge in [-0.25, -0.2) is 4.98 Å². The van der Waals surface area contributed by atoms with Gasteiger partial charge in [0.1, 0.15) is 5.82 Å². The summed E-state index contributed by atoms with van der Waals surface area (Å²) in [7, 11) is 2.14. The molecule has 5 nitrogen and oxygen atoms in total. The van der Waals surface area contributed by atoms with E-state index in [1.165, 1.54) is 4.90 Å². The zero-order chi connectivity index (χ0) is 15.5. The van der Waals surface area contributed by atoms with Crippen molar-refractivity contribution in [1.29, 1.82) is 0 Å². The van der Waals surface area contributed by atoms with E-state index in [-0.39, 0.29) is 0 Å². The van der Waals surface area contributed by atoms with E-state index in [4.69, 9.17) is 5.73 Å². The quantitative estimate of drug-likeness (QED) is 0.876. The Hall–Kier alpha value is -1.79. The third kappa shape index (κ3) is 3.34. The second kappa shape index (κ2) is 6.54. The molecule has 0 radical (unpaired) electrons. The lowest BCUT2D eigenvalue weighted by Crippen LogP contribution is -2.44. The maximum atomic E-state index is 5.92. The summed E-state index contributed by atoms with van der Waals surface area (Å²) in [5.41, 5.74) is 7.88. The molecule has 22 heavy (non-hydrogen) atoms. The van der Waals surface area contributed by atoms with Crippen molar-refractivity contribution in [2.45, 2.75) is 4.90 Å². The zero-order valence-corrected chi connectivity index (χ0v) is 13.8. The number of nitrogens with two attached hydrogens (primary N) is 1. The first-order chi connectivity index (χ1) is 10.7. The summed E-state index contributed by atoms with van der Waals surface area (Å²) in [6, 6.07) is 10.4. The number of likely N-dealkylation sites (N-methyl/N-ethyl adjacent to an activating group) is 1. The highest BCUT2D eigenvalue weighted by molar-refractivity contribution is 7.98. The highest BCUT2D eigenvalue weighted by atomic mass is 32.2. The van der Waals surface area contributed by atoms with Gasteiger partial charge in [-0.2, -0.15) is 4.98 Å². The molecular formula is C16H21N5S. The number of rotatable bonds is 3. The van der Waals surface area contributed by atoms with Gasteiger partial charge < -0.3 is 15.5 Å². The molecule has 0 saturated carbocycles. The van der Waals surface area contributed by atoms with Crippen molar-refractivity contribution in [3.05, 3.63) is 30.3 Å². The summed E-state index contributed by atoms with van der Waals surface area (Å²) < 4.78 is 0. The first kappa shape index (κ1) is 15.1. The Balaban J connectivity index is 1.88. The maximum Gasteiger partial charge on any atom is 0.222 e. The van der Waals surface area contributed by atoms with Crippen molar-refractivity contribution in [2.75, 3.05) is 50.1 Å². The number of nitrogen functional groups attached to an aromatic ring is 1. The normalized spacial score (nSPS) is 16.0. The van der Waals surface area contributed by atoms with E-state index in [0.29, 0.717) is 5.95 Å². The number of piperazine rings is 1. The van der Waals surface area contributed by atoms with Gasteiger partial charge in [-0.1, -0.05) is 12.1 Å². The molecule has 1 aromatic heterocycles. The van der Waals surface area contributed by atoms with E-state index in [9.17, 15) is 0 Å². The number of nitrogens with zero attached hydrogens (tertiary/aromatic N) is 4. The molecule has 0 bridgehead atoms. The van der Waals surface area contributed by atoms with Gasteiger partial charge in [0.2, 0.25) is 5.95 Å². The third-order valence-corrected chi connectivity index (χ3v) is 4.69. The van der Waals surface area contributed by atoms with Gasteiger partial charge in [0.05, 0.1) is 5.69 Å². The summed E-state index contributed by atoms with van der Waals surface area (Å²) in [5, 5.41) is 0. The average molecular weight is 315 g/mol. The molecule has 1 aromatic carbocycles. The minimum Gasteiger partial charge on any atom is -0.368 e. The molecule has 116 valence electrons. The second-order valence-electron chi connectivity index (χ2n) is 5.49. The molecule has 2 N–H and O–H groups in total. The van der Waals surface area contributed by atoms with Crippen LogP contribution in [0, 0.1) is 0 Å². The molecule has 0 spiro atoms. The zero-order valence-electron chi connectivity index (χ0n) is 13.0. The Labute approximate surface area is 135 Å². The number of thioether (sulfide) groups is 1. The van der Waals surface area contributed by atoms with E-state index in [1.807, 2.05) is 6.07 Å². The van der Waals surface area contributed by atoms with Crippen molar-refractivity contribution >= 4 is 23.5 Å². The average Bonchev–Trinajstić information content (AvgIpc) is 2.55. The van der Waals surface area contributed by atoms with Crippen LogP contribution in [0.3, 0.4) is 0 Å². The first-order valence-corrected chi connectivity index (χ1v) is 8.60.